The molecule has 0 radical (unpaired) electrons. The number of hydrogen-bond donors (Lipinski definition) is 6. The topological polar surface area (TPSA) is 359 Å². The van der Waals surface area contributed by atoms with E-state index in [-0.39, 0.29) is 44.8 Å². The maximum atomic E-state index is 14.0. The number of aromatic hydroxyl groups is 1. The van der Waals surface area contributed by atoms with E-state index in [4.69, 9.17) is 29.2 Å². The Morgan fingerprint density at radius 2 is 0.677 bits per heavy atom. The van der Waals surface area contributed by atoms with Gasteiger partial charge in [0.25, 0.3) is 27.8 Å². The largest absolute Gasteiger partial charge is 0.503 e. The highest BCUT2D eigenvalue weighted by atomic mass is 19.1. The Kier molecular flexibility index (Phi) is 27.0. The van der Waals surface area contributed by atoms with Gasteiger partial charge in [-0.2, -0.15) is 5.26 Å². The molecule has 133 heavy (non-hydrogen) atoms. The summed E-state index contributed by atoms with van der Waals surface area (Å²) in [4.78, 5) is 106. The van der Waals surface area contributed by atoms with Gasteiger partial charge in [0.2, 0.25) is 0 Å². The van der Waals surface area contributed by atoms with Crippen molar-refractivity contribution in [2.75, 3.05) is 184 Å². The number of rotatable bonds is 14. The molecule has 0 spiro atoms. The molecule has 37 heteroatoms. The molecule has 5 aliphatic rings. The second kappa shape index (κ2) is 40.2. The number of imidazole rings is 1. The lowest BCUT2D eigenvalue weighted by atomic mass is 10.1. The van der Waals surface area contributed by atoms with Crippen LogP contribution in [0.3, 0.4) is 0 Å². The van der Waals surface area contributed by atoms with Crippen molar-refractivity contribution in [1.29, 1.82) is 5.26 Å². The van der Waals surface area contributed by atoms with Gasteiger partial charge in [-0.3, -0.25) is 51.0 Å². The van der Waals surface area contributed by atoms with E-state index in [0.29, 0.717) is 85.1 Å². The van der Waals surface area contributed by atoms with Crippen molar-refractivity contribution in [2.45, 2.75) is 6.92 Å². The molecule has 0 aliphatic carbocycles. The first-order valence-electron chi connectivity index (χ1n) is 43.4. The van der Waals surface area contributed by atoms with Crippen molar-refractivity contribution in [3.63, 3.8) is 0 Å². The van der Waals surface area contributed by atoms with E-state index in [2.05, 4.69) is 87.1 Å². The summed E-state index contributed by atoms with van der Waals surface area (Å²) in [7, 11) is 6.16. The minimum atomic E-state index is -1.10. The van der Waals surface area contributed by atoms with Crippen molar-refractivity contribution in [3.8, 4) is 91.2 Å². The van der Waals surface area contributed by atoms with Gasteiger partial charge < -0.3 is 79.5 Å². The summed E-state index contributed by atoms with van der Waals surface area (Å²) in [6.45, 7) is 20.1. The molecule has 0 saturated carbocycles. The number of nitrogens with zero attached hydrogens (tertiary/aromatic N) is 19. The molecule has 0 amide bonds. The summed E-state index contributed by atoms with van der Waals surface area (Å²) in [5.41, 5.74) is 14.0. The van der Waals surface area contributed by atoms with Gasteiger partial charge in [-0.15, -0.1) is 0 Å². The van der Waals surface area contributed by atoms with Gasteiger partial charge in [-0.25, -0.2) is 43.1 Å². The van der Waals surface area contributed by atoms with E-state index in [1.54, 1.807) is 83.3 Å². The summed E-state index contributed by atoms with van der Waals surface area (Å²) in [6.07, 6.45) is 14.6. The predicted molar refractivity (Wildman–Crippen MR) is 504 cm³/mol. The van der Waals surface area contributed by atoms with Gasteiger partial charge in [-0.1, -0.05) is 12.1 Å². The number of hydrogen-bond acceptors (Lipinski definition) is 28. The number of fused-ring (bicyclic) bond motifs is 6. The zero-order valence-corrected chi connectivity index (χ0v) is 73.5. The number of ether oxygens (including phenoxy) is 4. The van der Waals surface area contributed by atoms with Gasteiger partial charge in [0.05, 0.1) is 109 Å². The molecule has 6 N–H and O–H groups in total. The molecule has 16 aromatic rings. The molecule has 0 atom stereocenters. The Hall–Kier alpha value is -15.6. The number of methoxy groups -OCH3 is 4. The number of nitrogens with one attached hydrogen (secondary N) is 5. The van der Waals surface area contributed by atoms with Crippen LogP contribution in [-0.4, -0.2) is 226 Å². The number of anilines is 5. The van der Waals surface area contributed by atoms with Crippen LogP contribution in [0.5, 0.6) is 28.7 Å². The molecule has 5 aliphatic heterocycles. The lowest BCUT2D eigenvalue weighted by Gasteiger charge is -2.29. The standard InChI is InChI=1S/C21H24N4O4.C19H19FN4O2.C19H19N7O.C19H17N5O.C18H16F2N4O2/c1-27-17-5-4-14(10-18(17)28-2)16-12-20(26)25-13-15(24-8-6-22-7-9-24)11-19(29-3)21(25)23-16;1-26-17-4-2-13(10-15(17)20)16-11-19(25)24-12-14(3-5-18(24)22-16)23-8-6-21-7-9-23;1-13-10-25-12-16(23-18(25)9-21-13)15-8-19(27)26-11-14(2-3-17(26)22-15)24-6-4-20-5-7-24;20-12-14-1-3-15(4-2-14)17-11-19(25)24-13-16(5-6-18(24)22-17)23-9-7-21-8-10-23;19-13-7-11(8-14(20)18(13)26)15-9-17(25)24-10-12(1-2-16(24)22-15)23-5-3-21-4-6-23/h4-5,10-13,22H,6-9H2,1-3H3;2-5,10-12,21H,6-9H2,1H3;2-3,8-12,20H,4-7H2,1H3;1-6,11,13,21H,7-10H2;1-2,7-10,21,26H,3-6H2. The quantitative estimate of drug-likeness (QED) is 0.0596. The van der Waals surface area contributed by atoms with Crippen LogP contribution in [0.25, 0.3) is 90.3 Å². The fraction of sp³-hybridized carbons (Fsp3) is 0.260. The van der Waals surface area contributed by atoms with E-state index in [9.17, 15) is 42.3 Å². The minimum Gasteiger partial charge on any atom is -0.503 e. The summed E-state index contributed by atoms with van der Waals surface area (Å²) in [5, 5.41) is 34.7. The van der Waals surface area contributed by atoms with Crippen molar-refractivity contribution in [1.82, 2.24) is 87.9 Å². The van der Waals surface area contributed by atoms with Crippen LogP contribution in [0.2, 0.25) is 0 Å². The first kappa shape index (κ1) is 89.4. The maximum Gasteiger partial charge on any atom is 0.258 e. The predicted octanol–water partition coefficient (Wildman–Crippen LogP) is 8.24. The first-order chi connectivity index (χ1) is 64.7. The molecule has 680 valence electrons. The van der Waals surface area contributed by atoms with Crippen LogP contribution in [0.1, 0.15) is 11.3 Å². The Morgan fingerprint density at radius 3 is 1.10 bits per heavy atom. The van der Waals surface area contributed by atoms with Crippen LogP contribution < -0.4 is 97.8 Å². The number of benzene rings is 4. The third kappa shape index (κ3) is 20.1. The zero-order chi connectivity index (χ0) is 92.3. The number of phenolic OH excluding ortho intramolecular Hbond substituents is 1. The summed E-state index contributed by atoms with van der Waals surface area (Å²) in [5.74, 6) is -1.83. The molecule has 4 aromatic carbocycles. The second-order valence-corrected chi connectivity index (χ2v) is 31.8. The summed E-state index contributed by atoms with van der Waals surface area (Å²) in [6, 6.07) is 45.4. The normalized spacial score (nSPS) is 14.6. The molecule has 34 nitrogen and oxygen atoms in total. The number of phenols is 1. The molecule has 5 saturated heterocycles. The van der Waals surface area contributed by atoms with E-state index in [0.717, 1.165) is 194 Å². The van der Waals surface area contributed by atoms with Crippen molar-refractivity contribution >= 4 is 62.3 Å². The third-order valence-corrected chi connectivity index (χ3v) is 23.4. The van der Waals surface area contributed by atoms with Crippen LogP contribution >= 0.6 is 0 Å². The van der Waals surface area contributed by atoms with Gasteiger partial charge >= 0.3 is 0 Å². The van der Waals surface area contributed by atoms with Crippen LogP contribution in [0.15, 0.2) is 231 Å². The van der Waals surface area contributed by atoms with Gasteiger partial charge in [0.1, 0.15) is 28.3 Å². The fourth-order valence-electron chi connectivity index (χ4n) is 16.3. The molecule has 5 fully saturated rings. The number of nitriles is 1. The fourth-order valence-corrected chi connectivity index (χ4v) is 16.3. The number of aromatic nitrogens is 13. The average Bonchev–Trinajstić information content (AvgIpc) is 0.806. The Morgan fingerprint density at radius 1 is 0.331 bits per heavy atom. The lowest BCUT2D eigenvalue weighted by Crippen LogP contribution is -2.43. The summed E-state index contributed by atoms with van der Waals surface area (Å²) < 4.78 is 71.9. The van der Waals surface area contributed by atoms with E-state index < -0.39 is 23.2 Å². The highest BCUT2D eigenvalue weighted by molar-refractivity contribution is 5.72. The first-order valence-corrected chi connectivity index (χ1v) is 43.4. The van der Waals surface area contributed by atoms with Crippen molar-refractivity contribution in [2.24, 2.45) is 0 Å². The Bertz CT molecular complexity index is 7360. The molecule has 12 aromatic heterocycles. The number of pyridine rings is 5. The number of aryl methyl sites for hydroxylation is 1. The highest BCUT2D eigenvalue weighted by Gasteiger charge is 2.23. The Balaban J connectivity index is 0.000000116. The van der Waals surface area contributed by atoms with Crippen LogP contribution in [0, 0.1) is 35.7 Å². The molecule has 0 unspecified atom stereocenters. The smallest absolute Gasteiger partial charge is 0.258 e. The third-order valence-electron chi connectivity index (χ3n) is 23.4. The molecular weight excluding hydrogens is 1710 g/mol. The van der Waals surface area contributed by atoms with Crippen LogP contribution in [-0.2, 0) is 0 Å². The molecule has 21 rings (SSSR count). The summed E-state index contributed by atoms with van der Waals surface area (Å²) >= 11 is 0. The minimum absolute atomic E-state index is 0.0866. The maximum absolute atomic E-state index is 14.0. The Labute approximate surface area is 758 Å². The highest BCUT2D eigenvalue weighted by Crippen LogP contribution is 2.35. The van der Waals surface area contributed by atoms with E-state index >= 15 is 0 Å². The van der Waals surface area contributed by atoms with Crippen molar-refractivity contribution in [3.05, 3.63) is 288 Å². The molecule has 0 bridgehead atoms. The van der Waals surface area contributed by atoms with Gasteiger partial charge in [0.15, 0.2) is 57.5 Å². The number of piperazine rings is 5. The van der Waals surface area contributed by atoms with E-state index in [1.165, 1.54) is 58.4 Å². The lowest BCUT2D eigenvalue weighted by molar-refractivity contribution is 0.355. The molecular formula is C96H95F3N24O10. The van der Waals surface area contributed by atoms with Crippen molar-refractivity contribution < 1.29 is 37.2 Å². The van der Waals surface area contributed by atoms with Gasteiger partial charge in [-0.05, 0) is 116 Å². The van der Waals surface area contributed by atoms with Gasteiger partial charge in [0, 0.05) is 233 Å². The average molecular weight is 1800 g/mol. The number of halogens is 3. The monoisotopic (exact) mass is 1800 g/mol. The van der Waals surface area contributed by atoms with Crippen LogP contribution in [0.4, 0.5) is 41.6 Å². The molecule has 17 heterocycles. The SMILES string of the molecule is COc1ccc(-c2cc(=O)n3cc(N4CCNCC4)cc(OC)c3n2)cc1OC.COc1ccc(-c2cc(=O)n3cc(N4CCNCC4)ccc3n2)cc1F.Cc1cn2cc(-c3cc(=O)n4cc(N5CCNCC5)ccc4n3)nc2cn1.N#Cc1ccc(-c2cc(=O)n3cc(N4CCNCC4)ccc3n2)cc1.O=c1cc(-c2cc(F)c(O)c(F)c2)nc2ccc(N3CCNCC3)cn12. The second-order valence-electron chi connectivity index (χ2n) is 31.8. The van der Waals surface area contributed by atoms with E-state index in [1.807, 2.05) is 115 Å². The zero-order valence-electron chi connectivity index (χ0n) is 73.5.